The van der Waals surface area contributed by atoms with E-state index in [0.717, 1.165) is 21.1 Å². The zero-order valence-corrected chi connectivity index (χ0v) is 18.8. The summed E-state index contributed by atoms with van der Waals surface area (Å²) in [5.41, 5.74) is 2.98. The molecule has 0 spiro atoms. The third-order valence-corrected chi connectivity index (χ3v) is 5.86. The van der Waals surface area contributed by atoms with Crippen molar-refractivity contribution in [3.05, 3.63) is 44.4 Å². The van der Waals surface area contributed by atoms with Gasteiger partial charge in [-0.25, -0.2) is 0 Å². The summed E-state index contributed by atoms with van der Waals surface area (Å²) < 4.78 is 12.4. The van der Waals surface area contributed by atoms with Gasteiger partial charge < -0.3 is 14.0 Å². The van der Waals surface area contributed by atoms with Gasteiger partial charge in [0.05, 0.1) is 19.1 Å². The first-order valence-corrected chi connectivity index (χ1v) is 10.4. The summed E-state index contributed by atoms with van der Waals surface area (Å²) in [6.07, 6.45) is 0.0391. The molecule has 6 nitrogen and oxygen atoms in total. The van der Waals surface area contributed by atoms with Crippen LogP contribution in [0.4, 0.5) is 0 Å². The first-order valence-electron chi connectivity index (χ1n) is 9.62. The van der Waals surface area contributed by atoms with Gasteiger partial charge in [0.1, 0.15) is 0 Å². The highest BCUT2D eigenvalue weighted by Gasteiger charge is 2.20. The van der Waals surface area contributed by atoms with Crippen LogP contribution < -0.4 is 0 Å². The molecule has 2 aromatic rings. The van der Waals surface area contributed by atoms with Gasteiger partial charge in [-0.1, -0.05) is 0 Å². The van der Waals surface area contributed by atoms with Crippen molar-refractivity contribution in [3.63, 3.8) is 0 Å². The number of aromatic nitrogens is 1. The smallest absolute Gasteiger partial charge is 0.306 e. The van der Waals surface area contributed by atoms with E-state index in [1.54, 1.807) is 18.4 Å². The first kappa shape index (κ1) is 23.0. The van der Waals surface area contributed by atoms with Crippen LogP contribution >= 0.6 is 11.3 Å². The predicted octanol–water partition coefficient (Wildman–Crippen LogP) is 4.38. The second-order valence-electron chi connectivity index (χ2n) is 7.29. The van der Waals surface area contributed by atoms with Gasteiger partial charge >= 0.3 is 5.97 Å². The quantitative estimate of drug-likeness (QED) is 0.422. The first-order chi connectivity index (χ1) is 13.6. The minimum Gasteiger partial charge on any atom is -0.457 e. The summed E-state index contributed by atoms with van der Waals surface area (Å²) in [4.78, 5) is 38.8. The Morgan fingerprint density at radius 2 is 1.72 bits per heavy atom. The molecule has 0 radical (unpaired) electrons. The maximum Gasteiger partial charge on any atom is 0.306 e. The Morgan fingerprint density at radius 1 is 1.03 bits per heavy atom. The molecule has 29 heavy (non-hydrogen) atoms. The van der Waals surface area contributed by atoms with Crippen LogP contribution in [-0.2, 0) is 14.3 Å². The summed E-state index contributed by atoms with van der Waals surface area (Å²) in [5.74, 6) is -0.874. The van der Waals surface area contributed by atoms with Gasteiger partial charge in [0.15, 0.2) is 12.4 Å². The molecule has 0 bridgehead atoms. The maximum atomic E-state index is 12.5. The molecule has 0 amide bonds. The molecule has 158 valence electrons. The Hall–Kier alpha value is -2.25. The van der Waals surface area contributed by atoms with Gasteiger partial charge in [-0.3, -0.25) is 14.4 Å². The third-order valence-electron chi connectivity index (χ3n) is 4.90. The van der Waals surface area contributed by atoms with E-state index in [1.807, 2.05) is 51.3 Å². The average molecular weight is 420 g/mol. The van der Waals surface area contributed by atoms with Crippen LogP contribution in [0.2, 0.25) is 0 Å². The number of esters is 1. The minimum atomic E-state index is -0.544. The Morgan fingerprint density at radius 3 is 2.31 bits per heavy atom. The normalized spacial score (nSPS) is 12.1. The lowest BCUT2D eigenvalue weighted by molar-refractivity contribution is -0.142. The highest BCUT2D eigenvalue weighted by atomic mass is 32.1. The van der Waals surface area contributed by atoms with E-state index in [0.29, 0.717) is 17.7 Å². The van der Waals surface area contributed by atoms with Gasteiger partial charge in [0, 0.05) is 45.8 Å². The Bertz CT molecular complexity index is 909. The number of ketones is 2. The number of Topliss-reactive ketones (excluding diaryl/α,β-unsaturated/α-hetero) is 2. The second-order valence-corrected chi connectivity index (χ2v) is 8.75. The van der Waals surface area contributed by atoms with Crippen LogP contribution in [0.5, 0.6) is 0 Å². The summed E-state index contributed by atoms with van der Waals surface area (Å²) in [6.45, 7) is 9.88. The molecule has 0 aliphatic carbocycles. The van der Waals surface area contributed by atoms with E-state index in [2.05, 4.69) is 0 Å². The zero-order chi connectivity index (χ0) is 21.7. The summed E-state index contributed by atoms with van der Waals surface area (Å²) in [7, 11) is 1.64. The van der Waals surface area contributed by atoms with Gasteiger partial charge in [-0.15, -0.1) is 11.3 Å². The molecule has 2 rings (SSSR count). The molecular weight excluding hydrogens is 390 g/mol. The van der Waals surface area contributed by atoms with E-state index >= 15 is 0 Å². The second kappa shape index (κ2) is 9.98. The third kappa shape index (κ3) is 5.64. The molecule has 0 fully saturated rings. The molecule has 1 unspecified atom stereocenters. The van der Waals surface area contributed by atoms with Gasteiger partial charge in [0.25, 0.3) is 0 Å². The van der Waals surface area contributed by atoms with E-state index < -0.39 is 5.97 Å². The number of nitrogens with zero attached hydrogens (tertiary/aromatic N) is 1. The van der Waals surface area contributed by atoms with Gasteiger partial charge in [-0.2, -0.15) is 0 Å². The molecule has 0 aliphatic heterocycles. The number of ether oxygens (including phenoxy) is 2. The molecular formula is C22H29NO5S. The molecule has 0 aromatic carbocycles. The van der Waals surface area contributed by atoms with Crippen molar-refractivity contribution in [2.24, 2.45) is 0 Å². The number of carbonyl (C=O) groups excluding carboxylic acids is 3. The predicted molar refractivity (Wildman–Crippen MR) is 113 cm³/mol. The minimum absolute atomic E-state index is 0.0374. The van der Waals surface area contributed by atoms with Crippen molar-refractivity contribution < 1.29 is 23.9 Å². The number of rotatable bonds is 10. The molecule has 1 atom stereocenters. The number of methoxy groups -OCH3 is 1. The molecule has 0 saturated heterocycles. The topological polar surface area (TPSA) is 74.6 Å². The highest BCUT2D eigenvalue weighted by molar-refractivity contribution is 7.12. The molecule has 2 heterocycles. The van der Waals surface area contributed by atoms with Crippen molar-refractivity contribution in [2.45, 2.75) is 53.5 Å². The van der Waals surface area contributed by atoms with Crippen molar-refractivity contribution in [1.29, 1.82) is 0 Å². The van der Waals surface area contributed by atoms with Crippen LogP contribution in [0.3, 0.4) is 0 Å². The van der Waals surface area contributed by atoms with E-state index in [4.69, 9.17) is 9.47 Å². The largest absolute Gasteiger partial charge is 0.457 e. The van der Waals surface area contributed by atoms with E-state index in [9.17, 15) is 14.4 Å². The number of hydrogen-bond donors (Lipinski definition) is 0. The summed E-state index contributed by atoms with van der Waals surface area (Å²) >= 11 is 1.56. The fourth-order valence-corrected chi connectivity index (χ4v) is 4.55. The van der Waals surface area contributed by atoms with Crippen LogP contribution in [0.15, 0.2) is 12.1 Å². The number of thiophene rings is 1. The SMILES string of the molecule is COCC(C)n1c(C)cc(C(=O)COC(=O)CCC(=O)c2cc(C)sc2C)c1C. The van der Waals surface area contributed by atoms with Crippen LogP contribution in [0.1, 0.15) is 67.7 Å². The lowest BCUT2D eigenvalue weighted by atomic mass is 10.1. The molecule has 7 heteroatoms. The van der Waals surface area contributed by atoms with E-state index in [-0.39, 0.29) is 37.1 Å². The van der Waals surface area contributed by atoms with Crippen molar-refractivity contribution in [1.82, 2.24) is 4.57 Å². The standard InChI is InChI=1S/C22H29NO5S/c1-13-9-18(16(4)23(13)14(2)11-27-6)21(25)12-28-22(26)8-7-20(24)19-10-15(3)29-17(19)5/h9-10,14H,7-8,11-12H2,1-6H3. The maximum absolute atomic E-state index is 12.5. The number of hydrogen-bond acceptors (Lipinski definition) is 6. The molecule has 0 aliphatic rings. The fraction of sp³-hybridized carbons (Fsp3) is 0.500. The van der Waals surface area contributed by atoms with Crippen molar-refractivity contribution >= 4 is 28.9 Å². The lowest BCUT2D eigenvalue weighted by Gasteiger charge is -2.17. The Kier molecular flexibility index (Phi) is 7.93. The summed E-state index contributed by atoms with van der Waals surface area (Å²) in [5, 5.41) is 0. The van der Waals surface area contributed by atoms with Crippen LogP contribution in [0.25, 0.3) is 0 Å². The molecule has 0 saturated carbocycles. The van der Waals surface area contributed by atoms with Gasteiger partial charge in [-0.05, 0) is 46.8 Å². The lowest BCUT2D eigenvalue weighted by Crippen LogP contribution is -2.17. The number of carbonyl (C=O) groups is 3. The van der Waals surface area contributed by atoms with E-state index in [1.165, 1.54) is 0 Å². The van der Waals surface area contributed by atoms with Crippen molar-refractivity contribution in [3.8, 4) is 0 Å². The monoisotopic (exact) mass is 419 g/mol. The van der Waals surface area contributed by atoms with Crippen LogP contribution in [0, 0.1) is 27.7 Å². The van der Waals surface area contributed by atoms with Crippen LogP contribution in [-0.4, -0.2) is 42.4 Å². The fourth-order valence-electron chi connectivity index (χ4n) is 3.61. The molecule has 0 N–H and O–H groups in total. The average Bonchev–Trinajstić information content (AvgIpc) is 3.15. The Labute approximate surface area is 175 Å². The molecule has 2 aromatic heterocycles. The highest BCUT2D eigenvalue weighted by Crippen LogP contribution is 2.23. The van der Waals surface area contributed by atoms with Gasteiger partial charge in [0.2, 0.25) is 5.78 Å². The number of aryl methyl sites for hydroxylation is 3. The summed E-state index contributed by atoms with van der Waals surface area (Å²) in [6, 6.07) is 3.75. The zero-order valence-electron chi connectivity index (χ0n) is 18.0. The Balaban J connectivity index is 1.90. The van der Waals surface area contributed by atoms with Crippen molar-refractivity contribution in [2.75, 3.05) is 20.3 Å².